The standard InChI is InChI=1S/C38H52FN3O16/c1-35(2)57-30-18-24-23-17-26(39)25-16-22(43)11-12-36(25,3)33(23)28(44)20-37(24,4)38(30,58-35)29(45)21-54-32(47)19-27(34(48)53-13-8-9-15-56-42(51)52)40-31(46)10-6-5-7-14-55-41(49)50/h11-12,16,23-24,26-28,30,33,44H,5-10,13-15,17-21H2,1-4H3,(H,40,46)/t23-,24-,26-,27?,28-,30+,33+,36-,37-,38+/m0/s1. The second kappa shape index (κ2) is 17.7. The lowest BCUT2D eigenvalue weighted by atomic mass is 9.46. The van der Waals surface area contributed by atoms with Gasteiger partial charge in [0.05, 0.1) is 38.4 Å². The number of allylic oxidation sites excluding steroid dienone is 4. The minimum absolute atomic E-state index is 0.0196. The minimum Gasteiger partial charge on any atom is -0.464 e. The Morgan fingerprint density at radius 2 is 1.64 bits per heavy atom. The number of nitrogens with one attached hydrogen (secondary N) is 1. The number of rotatable bonds is 20. The fraction of sp³-hybridized carbons (Fsp3) is 0.763. The van der Waals surface area contributed by atoms with E-state index in [1.54, 1.807) is 19.9 Å². The highest BCUT2D eigenvalue weighted by Crippen LogP contribution is 2.70. The van der Waals surface area contributed by atoms with Crippen molar-refractivity contribution >= 4 is 29.4 Å². The summed E-state index contributed by atoms with van der Waals surface area (Å²) in [5.74, 6) is -6.17. The van der Waals surface area contributed by atoms with Gasteiger partial charge in [0, 0.05) is 23.2 Å². The smallest absolute Gasteiger partial charge is 0.329 e. The van der Waals surface area contributed by atoms with Crippen molar-refractivity contribution in [2.24, 2.45) is 28.6 Å². The zero-order valence-electron chi connectivity index (χ0n) is 33.0. The predicted octanol–water partition coefficient (Wildman–Crippen LogP) is 3.00. The topological polar surface area (TPSA) is 259 Å². The first-order valence-electron chi connectivity index (χ1n) is 19.6. The Balaban J connectivity index is 1.27. The Bertz CT molecular complexity index is 1700. The molecule has 1 aliphatic heterocycles. The summed E-state index contributed by atoms with van der Waals surface area (Å²) >= 11 is 0. The number of hydrogen-bond donors (Lipinski definition) is 2. The average Bonchev–Trinajstić information content (AvgIpc) is 3.55. The van der Waals surface area contributed by atoms with Gasteiger partial charge in [0.25, 0.3) is 10.2 Å². The molecule has 0 radical (unpaired) electrons. The van der Waals surface area contributed by atoms with E-state index in [0.29, 0.717) is 24.8 Å². The van der Waals surface area contributed by atoms with Crippen LogP contribution in [0.4, 0.5) is 4.39 Å². The van der Waals surface area contributed by atoms with Gasteiger partial charge < -0.3 is 39.0 Å². The van der Waals surface area contributed by atoms with Gasteiger partial charge in [-0.05, 0) is 88.4 Å². The lowest BCUT2D eigenvalue weighted by molar-refractivity contribution is -0.757. The van der Waals surface area contributed by atoms with E-state index < -0.39 is 105 Å². The van der Waals surface area contributed by atoms with E-state index in [1.807, 2.05) is 13.8 Å². The van der Waals surface area contributed by atoms with Gasteiger partial charge >= 0.3 is 11.9 Å². The summed E-state index contributed by atoms with van der Waals surface area (Å²) in [7, 11) is 0. The number of hydrogen-bond acceptors (Lipinski definition) is 16. The highest BCUT2D eigenvalue weighted by atomic mass is 19.1. The maximum atomic E-state index is 16.0. The molecule has 0 aromatic heterocycles. The molecular formula is C38H52FN3O16. The van der Waals surface area contributed by atoms with Crippen molar-refractivity contribution in [2.45, 2.75) is 128 Å². The van der Waals surface area contributed by atoms with Crippen molar-refractivity contribution < 1.29 is 72.3 Å². The van der Waals surface area contributed by atoms with Gasteiger partial charge in [-0.25, -0.2) is 9.18 Å². The molecule has 3 saturated carbocycles. The van der Waals surface area contributed by atoms with Crippen molar-refractivity contribution in [1.82, 2.24) is 5.32 Å². The number of ether oxygens (including phenoxy) is 4. The first-order chi connectivity index (χ1) is 27.2. The monoisotopic (exact) mass is 825 g/mol. The van der Waals surface area contributed by atoms with Crippen molar-refractivity contribution in [1.29, 1.82) is 0 Å². The number of ketones is 2. The van der Waals surface area contributed by atoms with E-state index in [2.05, 4.69) is 15.0 Å². The second-order valence-corrected chi connectivity index (χ2v) is 16.6. The van der Waals surface area contributed by atoms with Gasteiger partial charge in [-0.15, -0.1) is 20.2 Å². The number of nitrogens with zero attached hydrogens (tertiary/aromatic N) is 2. The summed E-state index contributed by atoms with van der Waals surface area (Å²) < 4.78 is 39.4. The van der Waals surface area contributed by atoms with Crippen LogP contribution in [0.3, 0.4) is 0 Å². The Morgan fingerprint density at radius 1 is 0.983 bits per heavy atom. The van der Waals surface area contributed by atoms with Crippen LogP contribution in [-0.2, 0) is 52.6 Å². The Labute approximate surface area is 333 Å². The third kappa shape index (κ3) is 9.17. The van der Waals surface area contributed by atoms with Crippen molar-refractivity contribution in [3.8, 4) is 0 Å². The summed E-state index contributed by atoms with van der Waals surface area (Å²) in [6.45, 7) is 5.49. The fourth-order valence-corrected chi connectivity index (χ4v) is 10.2. The van der Waals surface area contributed by atoms with Crippen LogP contribution in [0, 0.1) is 48.8 Å². The molecular weight excluding hydrogens is 773 g/mol. The van der Waals surface area contributed by atoms with Crippen molar-refractivity contribution in [2.75, 3.05) is 26.4 Å². The van der Waals surface area contributed by atoms with Gasteiger partial charge in [-0.1, -0.05) is 26.3 Å². The molecule has 2 N–H and O–H groups in total. The lowest BCUT2D eigenvalue weighted by Gasteiger charge is -2.60. The summed E-state index contributed by atoms with van der Waals surface area (Å²) in [5, 5.41) is 33.1. The van der Waals surface area contributed by atoms with Crippen molar-refractivity contribution in [3.05, 3.63) is 44.0 Å². The number of alkyl halides is 1. The quantitative estimate of drug-likeness (QED) is 0.0774. The Hall–Kier alpha value is -4.56. The highest BCUT2D eigenvalue weighted by Gasteiger charge is 2.77. The normalized spacial score (nSPS) is 33.3. The molecule has 5 aliphatic rings. The van der Waals surface area contributed by atoms with Crippen LogP contribution >= 0.6 is 0 Å². The van der Waals surface area contributed by atoms with Crippen LogP contribution in [0.5, 0.6) is 0 Å². The molecule has 58 heavy (non-hydrogen) atoms. The summed E-state index contributed by atoms with van der Waals surface area (Å²) in [4.78, 5) is 95.0. The Kier molecular flexibility index (Phi) is 13.6. The molecule has 1 heterocycles. The SMILES string of the molecule is CC1(C)O[C@@H]2C[C@H]3[C@@H]4C[C@H](F)C5=CC(=O)C=C[C@]5(C)[C@H]4[C@@H](O)C[C@]3(C)[C@]2(C(=O)COC(=O)CC(NC(=O)CCCCCO[N+](=O)[O-])C(=O)OCCCCO[N+](=O)[O-])O1. The number of carbonyl (C=O) groups excluding carboxylic acids is 5. The second-order valence-electron chi connectivity index (χ2n) is 16.6. The van der Waals surface area contributed by atoms with Crippen molar-refractivity contribution in [3.63, 3.8) is 0 Å². The number of unbranched alkanes of at least 4 members (excludes halogenated alkanes) is 3. The molecule has 0 aromatic rings. The van der Waals surface area contributed by atoms with Gasteiger partial charge in [0.1, 0.15) is 12.2 Å². The number of aliphatic hydroxyl groups is 1. The molecule has 0 aromatic carbocycles. The number of fused-ring (bicyclic) bond motifs is 7. The summed E-state index contributed by atoms with van der Waals surface area (Å²) in [6.07, 6.45) is 1.88. The van der Waals surface area contributed by atoms with Gasteiger partial charge in [-0.3, -0.25) is 19.2 Å². The minimum atomic E-state index is -1.72. The third-order valence-electron chi connectivity index (χ3n) is 12.5. The van der Waals surface area contributed by atoms with Gasteiger partial charge in [0.2, 0.25) is 11.7 Å². The maximum Gasteiger partial charge on any atom is 0.329 e. The van der Waals surface area contributed by atoms with E-state index in [-0.39, 0.29) is 70.0 Å². The molecule has 10 atom stereocenters. The zero-order valence-corrected chi connectivity index (χ0v) is 33.0. The van der Waals surface area contributed by atoms with Crippen LogP contribution in [-0.4, -0.2) is 107 Å². The molecule has 5 rings (SSSR count). The summed E-state index contributed by atoms with van der Waals surface area (Å²) in [6, 6.07) is -1.54. The van der Waals surface area contributed by atoms with E-state index in [4.69, 9.17) is 18.9 Å². The molecule has 322 valence electrons. The largest absolute Gasteiger partial charge is 0.464 e. The first kappa shape index (κ1) is 44.5. The highest BCUT2D eigenvalue weighted by molar-refractivity contribution is 6.01. The van der Waals surface area contributed by atoms with Crippen LogP contribution < -0.4 is 5.32 Å². The number of carbonyl (C=O) groups is 5. The number of esters is 2. The van der Waals surface area contributed by atoms with E-state index in [9.17, 15) is 49.3 Å². The summed E-state index contributed by atoms with van der Waals surface area (Å²) in [5.41, 5.74) is -3.43. The number of Topliss-reactive ketones (excluding diaryl/α,β-unsaturated/α-hetero) is 1. The molecule has 0 bridgehead atoms. The predicted molar refractivity (Wildman–Crippen MR) is 194 cm³/mol. The van der Waals surface area contributed by atoms with Gasteiger partial charge in [0.15, 0.2) is 23.8 Å². The van der Waals surface area contributed by atoms with E-state index in [1.165, 1.54) is 12.2 Å². The number of amides is 1. The third-order valence-corrected chi connectivity index (χ3v) is 12.5. The van der Waals surface area contributed by atoms with E-state index >= 15 is 4.39 Å². The fourth-order valence-electron chi connectivity index (χ4n) is 10.2. The number of halogens is 1. The van der Waals surface area contributed by atoms with Crippen LogP contribution in [0.1, 0.15) is 91.9 Å². The van der Waals surface area contributed by atoms with Crippen LogP contribution in [0.2, 0.25) is 0 Å². The van der Waals surface area contributed by atoms with E-state index in [0.717, 1.165) is 0 Å². The molecule has 19 nitrogen and oxygen atoms in total. The van der Waals surface area contributed by atoms with Crippen LogP contribution in [0.15, 0.2) is 23.8 Å². The Morgan fingerprint density at radius 3 is 2.31 bits per heavy atom. The average molecular weight is 826 g/mol. The molecule has 4 fully saturated rings. The molecule has 20 heteroatoms. The molecule has 1 unspecified atom stereocenters. The number of aliphatic hydroxyl groups excluding tert-OH is 1. The molecule has 1 amide bonds. The molecule has 4 aliphatic carbocycles. The molecule has 0 spiro atoms. The lowest BCUT2D eigenvalue weighted by Crippen LogP contribution is -2.64. The first-order valence-corrected chi connectivity index (χ1v) is 19.6. The van der Waals surface area contributed by atoms with Crippen LogP contribution in [0.25, 0.3) is 0 Å². The molecule has 1 saturated heterocycles. The van der Waals surface area contributed by atoms with Gasteiger partial charge in [-0.2, -0.15) is 0 Å². The maximum absolute atomic E-state index is 16.0. The zero-order chi connectivity index (χ0) is 42.6.